The third-order valence-corrected chi connectivity index (χ3v) is 3.69. The molecule has 0 aliphatic carbocycles. The monoisotopic (exact) mass is 327 g/mol. The van der Waals surface area contributed by atoms with Gasteiger partial charge in [-0.2, -0.15) is 4.98 Å². The van der Waals surface area contributed by atoms with Crippen LogP contribution in [0, 0.1) is 17.5 Å². The summed E-state index contributed by atoms with van der Waals surface area (Å²) < 4.78 is 61.9. The van der Waals surface area contributed by atoms with E-state index in [0.717, 1.165) is 0 Å². The third kappa shape index (κ3) is 2.76. The number of nitrogens with zero attached hydrogens (tertiary/aromatic N) is 3. The second-order valence-electron chi connectivity index (χ2n) is 5.26. The molecule has 1 aliphatic heterocycles. The second kappa shape index (κ2) is 5.60. The van der Waals surface area contributed by atoms with Gasteiger partial charge in [-0.15, -0.1) is 0 Å². The number of aromatic nitrogens is 2. The molecule has 1 atom stereocenters. The Labute approximate surface area is 132 Å². The molecule has 0 N–H and O–H groups in total. The minimum absolute atomic E-state index is 0.0433. The summed E-state index contributed by atoms with van der Waals surface area (Å²) in [6.45, 7) is -0.397. The molecule has 1 unspecified atom stereocenters. The molecule has 8 heteroatoms. The van der Waals surface area contributed by atoms with Crippen LogP contribution >= 0.6 is 0 Å². The van der Waals surface area contributed by atoms with Crippen LogP contribution in [-0.4, -0.2) is 22.6 Å². The van der Waals surface area contributed by atoms with Gasteiger partial charge in [-0.25, -0.2) is 18.0 Å². The quantitative estimate of drug-likeness (QED) is 0.810. The molecule has 1 aromatic carbocycles. The molecule has 3 rings (SSSR count). The highest BCUT2D eigenvalue weighted by Crippen LogP contribution is 2.25. The Morgan fingerprint density at radius 2 is 2.00 bits per heavy atom. The van der Waals surface area contributed by atoms with Gasteiger partial charge in [-0.1, -0.05) is 0 Å². The van der Waals surface area contributed by atoms with Gasteiger partial charge < -0.3 is 9.64 Å². The molecule has 1 aliphatic rings. The maximum Gasteiger partial charge on any atom is 0.352 e. The predicted molar refractivity (Wildman–Crippen MR) is 77.0 cm³/mol. The highest BCUT2D eigenvalue weighted by molar-refractivity contribution is 5.45. The molecule has 2 aromatic rings. The summed E-state index contributed by atoms with van der Waals surface area (Å²) in [7, 11) is 1.76. The lowest BCUT2D eigenvalue weighted by molar-refractivity contribution is 0.289. The summed E-state index contributed by atoms with van der Waals surface area (Å²) in [4.78, 5) is 17.5. The summed E-state index contributed by atoms with van der Waals surface area (Å²) in [5, 5.41) is 0. The van der Waals surface area contributed by atoms with Crippen LogP contribution in [0.2, 0.25) is 0 Å². The number of hydrogen-bond acceptors (Lipinski definition) is 4. The number of ether oxygens (including phenoxy) is 1. The van der Waals surface area contributed by atoms with E-state index in [-0.39, 0.29) is 11.9 Å². The van der Waals surface area contributed by atoms with Crippen molar-refractivity contribution in [2.45, 2.75) is 26.1 Å². The van der Waals surface area contributed by atoms with Crippen LogP contribution in [0.15, 0.2) is 23.0 Å². The van der Waals surface area contributed by atoms with E-state index in [1.807, 2.05) is 6.92 Å². The smallest absolute Gasteiger partial charge is 0.352 e. The third-order valence-electron chi connectivity index (χ3n) is 3.69. The average Bonchev–Trinajstić information content (AvgIpc) is 2.80. The zero-order chi connectivity index (χ0) is 18.5. The summed E-state index contributed by atoms with van der Waals surface area (Å²) >= 11 is 0. The Hall–Kier alpha value is -2.51. The fourth-order valence-corrected chi connectivity index (χ4v) is 2.33. The topological polar surface area (TPSA) is 47.4 Å². The Kier molecular flexibility index (Phi) is 3.16. The van der Waals surface area contributed by atoms with Crippen molar-refractivity contribution < 1.29 is 20.6 Å². The van der Waals surface area contributed by atoms with Gasteiger partial charge in [0, 0.05) is 25.7 Å². The molecule has 0 radical (unpaired) electrons. The fourth-order valence-electron chi connectivity index (χ4n) is 2.33. The first-order chi connectivity index (χ1) is 11.6. The summed E-state index contributed by atoms with van der Waals surface area (Å²) in [5.74, 6) is -4.65. The Balaban J connectivity index is 1.97. The SMILES string of the molecule is [2H]C([2H])(Oc1cc2n(c(=O)n1)CC(C)N2C)c1cc(F)c(F)c(F)c1. The van der Waals surface area contributed by atoms with Gasteiger partial charge in [-0.3, -0.25) is 4.57 Å². The molecular formula is C15H14F3N3O2. The molecule has 2 heterocycles. The number of likely N-dealkylation sites (N-methyl/N-ethyl adjacent to an activating group) is 1. The van der Waals surface area contributed by atoms with Crippen molar-refractivity contribution in [1.29, 1.82) is 0 Å². The van der Waals surface area contributed by atoms with Crippen molar-refractivity contribution in [3.63, 3.8) is 0 Å². The van der Waals surface area contributed by atoms with Crippen LogP contribution in [0.5, 0.6) is 5.88 Å². The molecule has 0 saturated heterocycles. The van der Waals surface area contributed by atoms with Crippen molar-refractivity contribution in [3.05, 3.63) is 51.7 Å². The molecular weight excluding hydrogens is 311 g/mol. The standard InChI is InChI=1S/C15H14F3N3O2/c1-8-6-21-13(20(8)2)5-12(19-15(21)22)23-7-9-3-10(16)14(18)11(17)4-9/h3-5,8H,6-7H2,1-2H3/i7D2. The van der Waals surface area contributed by atoms with E-state index in [1.165, 1.54) is 10.6 Å². The number of halogens is 3. The van der Waals surface area contributed by atoms with Gasteiger partial charge in [0.05, 0.1) is 2.74 Å². The molecule has 122 valence electrons. The molecule has 0 saturated carbocycles. The van der Waals surface area contributed by atoms with Gasteiger partial charge in [0.2, 0.25) is 5.88 Å². The highest BCUT2D eigenvalue weighted by Gasteiger charge is 2.25. The minimum atomic E-state index is -2.73. The normalized spacial score (nSPS) is 18.5. The van der Waals surface area contributed by atoms with Crippen LogP contribution in [0.3, 0.4) is 0 Å². The van der Waals surface area contributed by atoms with Crippen LogP contribution in [0.1, 0.15) is 15.2 Å². The van der Waals surface area contributed by atoms with Crippen LogP contribution in [0.25, 0.3) is 0 Å². The Bertz CT molecular complexity index is 881. The van der Waals surface area contributed by atoms with E-state index in [2.05, 4.69) is 4.98 Å². The van der Waals surface area contributed by atoms with Crippen molar-refractivity contribution >= 4 is 5.82 Å². The van der Waals surface area contributed by atoms with Gasteiger partial charge in [0.25, 0.3) is 0 Å². The van der Waals surface area contributed by atoms with Gasteiger partial charge in [0.15, 0.2) is 17.5 Å². The number of hydrogen-bond donors (Lipinski definition) is 0. The van der Waals surface area contributed by atoms with E-state index >= 15 is 0 Å². The molecule has 1 aromatic heterocycles. The van der Waals surface area contributed by atoms with Crippen LogP contribution in [-0.2, 0) is 13.1 Å². The summed E-state index contributed by atoms with van der Waals surface area (Å²) in [6.07, 6.45) is 0. The largest absolute Gasteiger partial charge is 0.473 e. The first-order valence-electron chi connectivity index (χ1n) is 7.79. The molecule has 5 nitrogen and oxygen atoms in total. The Morgan fingerprint density at radius 3 is 2.65 bits per heavy atom. The summed E-state index contributed by atoms with van der Waals surface area (Å²) in [6, 6.07) is 2.39. The molecule has 0 spiro atoms. The van der Waals surface area contributed by atoms with E-state index in [4.69, 9.17) is 7.48 Å². The zero-order valence-electron chi connectivity index (χ0n) is 14.3. The van der Waals surface area contributed by atoms with E-state index < -0.39 is 35.3 Å². The summed E-state index contributed by atoms with van der Waals surface area (Å²) in [5.41, 5.74) is -1.20. The second-order valence-corrected chi connectivity index (χ2v) is 5.26. The van der Waals surface area contributed by atoms with Crippen molar-refractivity contribution in [3.8, 4) is 5.88 Å². The number of benzene rings is 1. The maximum atomic E-state index is 13.3. The lowest BCUT2D eigenvalue weighted by Crippen LogP contribution is -2.23. The van der Waals surface area contributed by atoms with Gasteiger partial charge in [-0.05, 0) is 24.6 Å². The number of anilines is 1. The molecule has 0 bridgehead atoms. The highest BCUT2D eigenvalue weighted by atomic mass is 19.2. The van der Waals surface area contributed by atoms with Gasteiger partial charge in [0.1, 0.15) is 12.4 Å². The van der Waals surface area contributed by atoms with Crippen LogP contribution < -0.4 is 15.3 Å². The molecule has 23 heavy (non-hydrogen) atoms. The van der Waals surface area contributed by atoms with E-state index in [0.29, 0.717) is 24.5 Å². The van der Waals surface area contributed by atoms with Crippen molar-refractivity contribution in [2.24, 2.45) is 0 Å². The maximum absolute atomic E-state index is 13.3. The number of fused-ring (bicyclic) bond motifs is 1. The van der Waals surface area contributed by atoms with Crippen molar-refractivity contribution in [2.75, 3.05) is 11.9 Å². The van der Waals surface area contributed by atoms with Crippen LogP contribution in [0.4, 0.5) is 19.0 Å². The Morgan fingerprint density at radius 1 is 1.35 bits per heavy atom. The van der Waals surface area contributed by atoms with Gasteiger partial charge >= 0.3 is 5.69 Å². The fraction of sp³-hybridized carbons (Fsp3) is 0.333. The van der Waals surface area contributed by atoms with E-state index in [1.54, 1.807) is 11.9 Å². The minimum Gasteiger partial charge on any atom is -0.473 e. The average molecular weight is 327 g/mol. The first-order valence-corrected chi connectivity index (χ1v) is 6.79. The zero-order valence-corrected chi connectivity index (χ0v) is 12.3. The van der Waals surface area contributed by atoms with Crippen molar-refractivity contribution in [1.82, 2.24) is 9.55 Å². The molecule has 0 fully saturated rings. The lowest BCUT2D eigenvalue weighted by atomic mass is 10.2. The lowest BCUT2D eigenvalue weighted by Gasteiger charge is -2.16. The number of rotatable bonds is 3. The predicted octanol–water partition coefficient (Wildman–Crippen LogP) is 2.08. The molecule has 0 amide bonds. The first kappa shape index (κ1) is 13.0. The van der Waals surface area contributed by atoms with E-state index in [9.17, 15) is 18.0 Å².